The molecule has 0 spiro atoms. The van der Waals surface area contributed by atoms with Crippen molar-refractivity contribution in [3.8, 4) is 5.75 Å². The predicted octanol–water partition coefficient (Wildman–Crippen LogP) is 2.51. The number of benzene rings is 1. The standard InChI is InChI=1S/C14H14O4/c1-3-4-5-6-13(15)18-12-9-7-11(8-10-12)14(16)17-2/h3-10H,1-2H3. The van der Waals surface area contributed by atoms with Gasteiger partial charge in [-0.15, -0.1) is 0 Å². The lowest BCUT2D eigenvalue weighted by Crippen LogP contribution is -2.04. The molecule has 4 nitrogen and oxygen atoms in total. The minimum Gasteiger partial charge on any atom is -0.465 e. The molecule has 1 aromatic carbocycles. The summed E-state index contributed by atoms with van der Waals surface area (Å²) in [6.45, 7) is 1.85. The first-order chi connectivity index (χ1) is 8.67. The summed E-state index contributed by atoms with van der Waals surface area (Å²) in [6.07, 6.45) is 6.43. The van der Waals surface area contributed by atoms with Crippen molar-refractivity contribution in [2.24, 2.45) is 0 Å². The summed E-state index contributed by atoms with van der Waals surface area (Å²) in [4.78, 5) is 22.5. The van der Waals surface area contributed by atoms with E-state index in [1.54, 1.807) is 18.2 Å². The Morgan fingerprint density at radius 1 is 1.11 bits per heavy atom. The second-order valence-corrected chi connectivity index (χ2v) is 3.32. The lowest BCUT2D eigenvalue weighted by atomic mass is 10.2. The van der Waals surface area contributed by atoms with Gasteiger partial charge in [-0.25, -0.2) is 9.59 Å². The van der Waals surface area contributed by atoms with Crippen LogP contribution in [0.1, 0.15) is 17.3 Å². The van der Waals surface area contributed by atoms with Crippen molar-refractivity contribution in [3.63, 3.8) is 0 Å². The van der Waals surface area contributed by atoms with Crippen LogP contribution in [-0.2, 0) is 9.53 Å². The molecule has 18 heavy (non-hydrogen) atoms. The Kier molecular flexibility index (Phi) is 5.38. The van der Waals surface area contributed by atoms with E-state index in [2.05, 4.69) is 4.74 Å². The SMILES string of the molecule is CC=CC=CC(=O)Oc1ccc(C(=O)OC)cc1. The molecule has 0 N–H and O–H groups in total. The summed E-state index contributed by atoms with van der Waals surface area (Å²) in [7, 11) is 1.31. The summed E-state index contributed by atoms with van der Waals surface area (Å²) in [5, 5.41) is 0. The topological polar surface area (TPSA) is 52.6 Å². The summed E-state index contributed by atoms with van der Waals surface area (Å²) < 4.78 is 9.57. The predicted molar refractivity (Wildman–Crippen MR) is 67.4 cm³/mol. The van der Waals surface area contributed by atoms with Crippen LogP contribution in [0.15, 0.2) is 48.6 Å². The molecular formula is C14H14O4. The fourth-order valence-electron chi connectivity index (χ4n) is 1.17. The summed E-state index contributed by atoms with van der Waals surface area (Å²) in [5.74, 6) is -0.530. The van der Waals surface area contributed by atoms with Gasteiger partial charge in [0.15, 0.2) is 0 Å². The van der Waals surface area contributed by atoms with E-state index >= 15 is 0 Å². The van der Waals surface area contributed by atoms with E-state index in [1.807, 2.05) is 6.92 Å². The second-order valence-electron chi connectivity index (χ2n) is 3.32. The maximum absolute atomic E-state index is 11.3. The van der Waals surface area contributed by atoms with Crippen LogP contribution in [0.3, 0.4) is 0 Å². The van der Waals surface area contributed by atoms with Crippen molar-refractivity contribution in [3.05, 3.63) is 54.1 Å². The molecule has 0 aliphatic heterocycles. The fraction of sp³-hybridized carbons (Fsp3) is 0.143. The van der Waals surface area contributed by atoms with E-state index in [0.29, 0.717) is 11.3 Å². The third kappa shape index (κ3) is 4.25. The molecule has 0 heterocycles. The number of methoxy groups -OCH3 is 1. The first kappa shape index (κ1) is 13.7. The van der Waals surface area contributed by atoms with Crippen LogP contribution < -0.4 is 4.74 Å². The van der Waals surface area contributed by atoms with E-state index in [9.17, 15) is 9.59 Å². The van der Waals surface area contributed by atoms with Gasteiger partial charge in [-0.1, -0.05) is 18.2 Å². The first-order valence-corrected chi connectivity index (χ1v) is 5.37. The van der Waals surface area contributed by atoms with Gasteiger partial charge in [0.05, 0.1) is 12.7 Å². The van der Waals surface area contributed by atoms with Crippen molar-refractivity contribution in [2.45, 2.75) is 6.92 Å². The Labute approximate surface area is 106 Å². The molecule has 0 bridgehead atoms. The number of hydrogen-bond donors (Lipinski definition) is 0. The highest BCUT2D eigenvalue weighted by Gasteiger charge is 2.05. The highest BCUT2D eigenvalue weighted by atomic mass is 16.5. The smallest absolute Gasteiger partial charge is 0.337 e. The second kappa shape index (κ2) is 7.06. The van der Waals surface area contributed by atoms with Gasteiger partial charge in [-0.05, 0) is 31.2 Å². The fourth-order valence-corrected chi connectivity index (χ4v) is 1.17. The molecule has 4 heteroatoms. The van der Waals surface area contributed by atoms with Crippen molar-refractivity contribution < 1.29 is 19.1 Å². The Morgan fingerprint density at radius 3 is 2.33 bits per heavy atom. The molecule has 1 aromatic rings. The lowest BCUT2D eigenvalue weighted by Gasteiger charge is -2.02. The number of carbonyl (C=O) groups excluding carboxylic acids is 2. The van der Waals surface area contributed by atoms with Crippen molar-refractivity contribution >= 4 is 11.9 Å². The lowest BCUT2D eigenvalue weighted by molar-refractivity contribution is -0.128. The molecule has 0 unspecified atom stereocenters. The van der Waals surface area contributed by atoms with Gasteiger partial charge in [0.25, 0.3) is 0 Å². The average Bonchev–Trinajstić information content (AvgIpc) is 2.39. The van der Waals surface area contributed by atoms with E-state index in [4.69, 9.17) is 4.74 Å². The first-order valence-electron chi connectivity index (χ1n) is 5.37. The monoisotopic (exact) mass is 246 g/mol. The number of carbonyl (C=O) groups is 2. The Morgan fingerprint density at radius 2 is 1.78 bits per heavy atom. The van der Waals surface area contributed by atoms with Crippen molar-refractivity contribution in [1.29, 1.82) is 0 Å². The van der Waals surface area contributed by atoms with E-state index < -0.39 is 11.9 Å². The summed E-state index contributed by atoms with van der Waals surface area (Å²) >= 11 is 0. The van der Waals surface area contributed by atoms with Gasteiger partial charge in [0.1, 0.15) is 5.75 Å². The van der Waals surface area contributed by atoms with Crippen LogP contribution in [0.5, 0.6) is 5.75 Å². The summed E-state index contributed by atoms with van der Waals surface area (Å²) in [6, 6.07) is 6.13. The largest absolute Gasteiger partial charge is 0.465 e. The van der Waals surface area contributed by atoms with Gasteiger partial charge in [0, 0.05) is 6.08 Å². The van der Waals surface area contributed by atoms with Gasteiger partial charge in [0.2, 0.25) is 0 Å². The number of esters is 2. The molecule has 0 saturated heterocycles. The van der Waals surface area contributed by atoms with Crippen molar-refractivity contribution in [1.82, 2.24) is 0 Å². The Balaban J connectivity index is 2.64. The molecule has 94 valence electrons. The zero-order chi connectivity index (χ0) is 13.4. The van der Waals surface area contributed by atoms with E-state index in [-0.39, 0.29) is 0 Å². The Bertz CT molecular complexity index is 469. The Hall–Kier alpha value is -2.36. The molecule has 1 rings (SSSR count). The highest BCUT2D eigenvalue weighted by Crippen LogP contribution is 2.13. The molecule has 0 aromatic heterocycles. The zero-order valence-electron chi connectivity index (χ0n) is 10.3. The van der Waals surface area contributed by atoms with Gasteiger partial charge < -0.3 is 9.47 Å². The van der Waals surface area contributed by atoms with Crippen LogP contribution in [0.2, 0.25) is 0 Å². The molecule has 0 radical (unpaired) electrons. The average molecular weight is 246 g/mol. The van der Waals surface area contributed by atoms with Crippen LogP contribution >= 0.6 is 0 Å². The molecular weight excluding hydrogens is 232 g/mol. The van der Waals surface area contributed by atoms with Gasteiger partial charge in [-0.2, -0.15) is 0 Å². The third-order valence-electron chi connectivity index (χ3n) is 2.03. The number of hydrogen-bond acceptors (Lipinski definition) is 4. The highest BCUT2D eigenvalue weighted by molar-refractivity contribution is 5.89. The molecule has 0 amide bonds. The van der Waals surface area contributed by atoms with Crippen LogP contribution in [0.4, 0.5) is 0 Å². The molecule has 0 aliphatic carbocycles. The third-order valence-corrected chi connectivity index (χ3v) is 2.03. The summed E-state index contributed by atoms with van der Waals surface area (Å²) in [5.41, 5.74) is 0.404. The van der Waals surface area contributed by atoms with E-state index in [1.165, 1.54) is 37.5 Å². The van der Waals surface area contributed by atoms with Crippen LogP contribution in [0.25, 0.3) is 0 Å². The molecule has 0 saturated carbocycles. The molecule has 0 atom stereocenters. The van der Waals surface area contributed by atoms with Crippen LogP contribution in [0, 0.1) is 0 Å². The minimum absolute atomic E-state index is 0.373. The number of ether oxygens (including phenoxy) is 2. The molecule has 0 fully saturated rings. The van der Waals surface area contributed by atoms with Gasteiger partial charge >= 0.3 is 11.9 Å². The zero-order valence-corrected chi connectivity index (χ0v) is 10.3. The number of allylic oxidation sites excluding steroid dienone is 3. The van der Waals surface area contributed by atoms with Crippen molar-refractivity contribution in [2.75, 3.05) is 7.11 Å². The maximum atomic E-state index is 11.3. The minimum atomic E-state index is -0.473. The van der Waals surface area contributed by atoms with Crippen LogP contribution in [-0.4, -0.2) is 19.0 Å². The van der Waals surface area contributed by atoms with E-state index in [0.717, 1.165) is 0 Å². The van der Waals surface area contributed by atoms with Gasteiger partial charge in [-0.3, -0.25) is 0 Å². The molecule has 0 aliphatic rings. The normalized spacial score (nSPS) is 10.8. The number of rotatable bonds is 4. The quantitative estimate of drug-likeness (QED) is 0.354. The maximum Gasteiger partial charge on any atom is 0.337 e.